The van der Waals surface area contributed by atoms with Crippen molar-refractivity contribution in [2.45, 2.75) is 13.8 Å². The first-order valence-corrected chi connectivity index (χ1v) is 8.38. The van der Waals surface area contributed by atoms with Crippen molar-refractivity contribution in [3.05, 3.63) is 71.5 Å². The number of aryl methyl sites for hydroxylation is 1. The van der Waals surface area contributed by atoms with E-state index >= 15 is 0 Å². The minimum atomic E-state index is -0.278. The predicted octanol–water partition coefficient (Wildman–Crippen LogP) is 5.59. The van der Waals surface area contributed by atoms with Crippen LogP contribution in [-0.2, 0) is 0 Å². The van der Waals surface area contributed by atoms with Gasteiger partial charge in [-0.1, -0.05) is 18.2 Å². The fourth-order valence-electron chi connectivity index (χ4n) is 3.20. The van der Waals surface area contributed by atoms with Crippen LogP contribution in [-0.4, -0.2) is 19.3 Å². The average molecular weight is 351 g/mol. The molecule has 0 saturated heterocycles. The van der Waals surface area contributed by atoms with Gasteiger partial charge in [0, 0.05) is 24.4 Å². The van der Waals surface area contributed by atoms with Gasteiger partial charge in [0.25, 0.3) is 0 Å². The molecule has 1 N–H and O–H groups in total. The Kier molecular flexibility index (Phi) is 4.85. The van der Waals surface area contributed by atoms with Gasteiger partial charge in [-0.3, -0.25) is 0 Å². The SMILES string of the molecule is COc1cc(-c2cccc(F)c2)cc(N(C)c2c(C)ccc(O)c2C)c1. The number of benzene rings is 3. The van der Waals surface area contributed by atoms with Crippen LogP contribution in [0.1, 0.15) is 11.1 Å². The number of phenolic OH excluding ortho intramolecular Hbond substituents is 1. The standard InChI is InChI=1S/C22H22FNO2/c1-14-8-9-21(25)15(2)22(14)24(3)19-11-17(12-20(13-19)26-4)16-6-5-7-18(23)10-16/h5-13,25H,1-4H3. The number of anilines is 2. The van der Waals surface area contributed by atoms with Gasteiger partial charge in [0.1, 0.15) is 17.3 Å². The van der Waals surface area contributed by atoms with Gasteiger partial charge in [0.2, 0.25) is 0 Å². The molecule has 26 heavy (non-hydrogen) atoms. The van der Waals surface area contributed by atoms with Crippen LogP contribution in [0.25, 0.3) is 11.1 Å². The summed E-state index contributed by atoms with van der Waals surface area (Å²) in [4.78, 5) is 2.01. The Hall–Kier alpha value is -3.01. The lowest BCUT2D eigenvalue weighted by Gasteiger charge is -2.25. The summed E-state index contributed by atoms with van der Waals surface area (Å²) in [7, 11) is 3.55. The number of ether oxygens (including phenoxy) is 1. The van der Waals surface area contributed by atoms with Crippen LogP contribution in [0, 0.1) is 19.7 Å². The minimum Gasteiger partial charge on any atom is -0.508 e. The third-order valence-electron chi connectivity index (χ3n) is 4.61. The van der Waals surface area contributed by atoms with Crippen LogP contribution >= 0.6 is 0 Å². The molecule has 0 bridgehead atoms. The van der Waals surface area contributed by atoms with Crippen LogP contribution in [0.5, 0.6) is 11.5 Å². The predicted molar refractivity (Wildman–Crippen MR) is 104 cm³/mol. The molecule has 3 aromatic carbocycles. The second kappa shape index (κ2) is 7.08. The normalized spacial score (nSPS) is 10.7. The van der Waals surface area contributed by atoms with Crippen molar-refractivity contribution in [2.24, 2.45) is 0 Å². The average Bonchev–Trinajstić information content (AvgIpc) is 2.64. The molecule has 0 fully saturated rings. The number of halogens is 1. The van der Waals surface area contributed by atoms with Crippen LogP contribution in [0.2, 0.25) is 0 Å². The van der Waals surface area contributed by atoms with Crippen molar-refractivity contribution in [1.82, 2.24) is 0 Å². The molecule has 0 aliphatic rings. The number of hydrogen-bond acceptors (Lipinski definition) is 3. The molecule has 0 aliphatic carbocycles. The van der Waals surface area contributed by atoms with Gasteiger partial charge in [-0.15, -0.1) is 0 Å². The number of methoxy groups -OCH3 is 1. The highest BCUT2D eigenvalue weighted by Crippen LogP contribution is 2.38. The maximum Gasteiger partial charge on any atom is 0.123 e. The maximum absolute atomic E-state index is 13.6. The van der Waals surface area contributed by atoms with Crippen LogP contribution in [0.15, 0.2) is 54.6 Å². The lowest BCUT2D eigenvalue weighted by Crippen LogP contribution is -2.13. The van der Waals surface area contributed by atoms with Crippen molar-refractivity contribution >= 4 is 11.4 Å². The Morgan fingerprint density at radius 2 is 1.73 bits per heavy atom. The fourth-order valence-corrected chi connectivity index (χ4v) is 3.20. The molecule has 134 valence electrons. The number of phenols is 1. The minimum absolute atomic E-state index is 0.255. The highest BCUT2D eigenvalue weighted by Gasteiger charge is 2.15. The van der Waals surface area contributed by atoms with E-state index in [4.69, 9.17) is 4.74 Å². The van der Waals surface area contributed by atoms with Gasteiger partial charge in [-0.25, -0.2) is 4.39 Å². The highest BCUT2D eigenvalue weighted by atomic mass is 19.1. The zero-order chi connectivity index (χ0) is 18.8. The monoisotopic (exact) mass is 351 g/mol. The molecule has 0 saturated carbocycles. The number of rotatable bonds is 4. The number of nitrogens with zero attached hydrogens (tertiary/aromatic N) is 1. The molecule has 3 rings (SSSR count). The molecule has 0 amide bonds. The van der Waals surface area contributed by atoms with E-state index in [1.807, 2.05) is 56.1 Å². The van der Waals surface area contributed by atoms with Gasteiger partial charge in [0.15, 0.2) is 0 Å². The van der Waals surface area contributed by atoms with Gasteiger partial charge in [-0.2, -0.15) is 0 Å². The number of hydrogen-bond donors (Lipinski definition) is 1. The molecule has 0 aromatic heterocycles. The van der Waals surface area contributed by atoms with E-state index < -0.39 is 0 Å². The Balaban J connectivity index is 2.14. The van der Waals surface area contributed by atoms with E-state index in [0.717, 1.165) is 33.6 Å². The van der Waals surface area contributed by atoms with E-state index in [2.05, 4.69) is 0 Å². The lowest BCUT2D eigenvalue weighted by atomic mass is 10.0. The van der Waals surface area contributed by atoms with Gasteiger partial charge in [-0.05, 0) is 60.9 Å². The van der Waals surface area contributed by atoms with E-state index in [1.165, 1.54) is 12.1 Å². The third kappa shape index (κ3) is 3.36. The first-order chi connectivity index (χ1) is 12.4. The molecule has 0 unspecified atom stereocenters. The Bertz CT molecular complexity index is 953. The molecule has 0 spiro atoms. The van der Waals surface area contributed by atoms with Crippen LogP contribution in [0.3, 0.4) is 0 Å². The lowest BCUT2D eigenvalue weighted by molar-refractivity contribution is 0.415. The fraction of sp³-hybridized carbons (Fsp3) is 0.182. The summed E-state index contributed by atoms with van der Waals surface area (Å²) in [6.45, 7) is 3.90. The molecule has 0 aliphatic heterocycles. The van der Waals surface area contributed by atoms with Crippen molar-refractivity contribution in [1.29, 1.82) is 0 Å². The van der Waals surface area contributed by atoms with Crippen molar-refractivity contribution in [3.8, 4) is 22.6 Å². The highest BCUT2D eigenvalue weighted by molar-refractivity contribution is 5.77. The maximum atomic E-state index is 13.6. The summed E-state index contributed by atoms with van der Waals surface area (Å²) in [6.07, 6.45) is 0. The first kappa shape index (κ1) is 17.8. The zero-order valence-electron chi connectivity index (χ0n) is 15.4. The molecule has 0 radical (unpaired) electrons. The smallest absolute Gasteiger partial charge is 0.123 e. The molecular weight excluding hydrogens is 329 g/mol. The molecule has 0 atom stereocenters. The van der Waals surface area contributed by atoms with E-state index in [0.29, 0.717) is 5.75 Å². The molecule has 4 heteroatoms. The van der Waals surface area contributed by atoms with E-state index in [1.54, 1.807) is 19.2 Å². The van der Waals surface area contributed by atoms with Gasteiger partial charge >= 0.3 is 0 Å². The van der Waals surface area contributed by atoms with Gasteiger partial charge < -0.3 is 14.7 Å². The van der Waals surface area contributed by atoms with E-state index in [-0.39, 0.29) is 11.6 Å². The second-order valence-electron chi connectivity index (χ2n) is 6.36. The molecule has 0 heterocycles. The van der Waals surface area contributed by atoms with Crippen molar-refractivity contribution < 1.29 is 14.2 Å². The topological polar surface area (TPSA) is 32.7 Å². The summed E-state index contributed by atoms with van der Waals surface area (Å²) in [6, 6.07) is 15.9. The van der Waals surface area contributed by atoms with Crippen LogP contribution in [0.4, 0.5) is 15.8 Å². The van der Waals surface area contributed by atoms with Crippen molar-refractivity contribution in [2.75, 3.05) is 19.1 Å². The van der Waals surface area contributed by atoms with E-state index in [9.17, 15) is 9.50 Å². The largest absolute Gasteiger partial charge is 0.508 e. The summed E-state index contributed by atoms with van der Waals surface area (Å²) >= 11 is 0. The Morgan fingerprint density at radius 3 is 2.42 bits per heavy atom. The molecule has 3 aromatic rings. The summed E-state index contributed by atoms with van der Waals surface area (Å²) in [5.41, 5.74) is 5.33. The van der Waals surface area contributed by atoms with Crippen molar-refractivity contribution in [3.63, 3.8) is 0 Å². The summed E-state index contributed by atoms with van der Waals surface area (Å²) < 4.78 is 19.1. The Morgan fingerprint density at radius 1 is 0.962 bits per heavy atom. The third-order valence-corrected chi connectivity index (χ3v) is 4.61. The number of aromatic hydroxyl groups is 1. The quantitative estimate of drug-likeness (QED) is 0.665. The second-order valence-corrected chi connectivity index (χ2v) is 6.36. The first-order valence-electron chi connectivity index (χ1n) is 8.38. The van der Waals surface area contributed by atoms with Gasteiger partial charge in [0.05, 0.1) is 12.8 Å². The summed E-state index contributed by atoms with van der Waals surface area (Å²) in [5.74, 6) is 0.662. The summed E-state index contributed by atoms with van der Waals surface area (Å²) in [5, 5.41) is 10.1. The van der Waals surface area contributed by atoms with Crippen LogP contribution < -0.4 is 9.64 Å². The molecule has 3 nitrogen and oxygen atoms in total. The molecular formula is C22H22FNO2. The Labute approximate surface area is 153 Å². The zero-order valence-corrected chi connectivity index (χ0v) is 15.4.